The van der Waals surface area contributed by atoms with Gasteiger partial charge in [-0.15, -0.1) is 0 Å². The summed E-state index contributed by atoms with van der Waals surface area (Å²) in [6.45, 7) is 15.8. The van der Waals surface area contributed by atoms with Crippen molar-refractivity contribution in [1.29, 1.82) is 0 Å². The number of aliphatic imine (C=N–C) groups is 1. The van der Waals surface area contributed by atoms with Gasteiger partial charge in [-0.2, -0.15) is 5.10 Å². The number of alkyl carbamates (subject to hydrolysis) is 1. The average molecular weight is 393 g/mol. The van der Waals surface area contributed by atoms with Gasteiger partial charge >= 0.3 is 6.09 Å². The van der Waals surface area contributed by atoms with Crippen molar-refractivity contribution in [1.82, 2.24) is 25.3 Å². The summed E-state index contributed by atoms with van der Waals surface area (Å²) in [5.41, 5.74) is 1.75. The first-order valence-corrected chi connectivity index (χ1v) is 10.2. The second-order valence-corrected chi connectivity index (χ2v) is 8.32. The van der Waals surface area contributed by atoms with Crippen molar-refractivity contribution in [2.45, 2.75) is 72.6 Å². The molecule has 1 fully saturated rings. The molecule has 1 amide bonds. The highest BCUT2D eigenvalue weighted by Crippen LogP contribution is 2.12. The summed E-state index contributed by atoms with van der Waals surface area (Å²) in [5, 5.41) is 10.8. The number of ether oxygens (including phenoxy) is 1. The molecule has 158 valence electrons. The highest BCUT2D eigenvalue weighted by atomic mass is 16.6. The van der Waals surface area contributed by atoms with E-state index in [0.717, 1.165) is 57.2 Å². The minimum absolute atomic E-state index is 0.0772. The largest absolute Gasteiger partial charge is 0.444 e. The molecule has 0 aromatic carbocycles. The van der Waals surface area contributed by atoms with Crippen molar-refractivity contribution in [3.8, 4) is 0 Å². The number of carbonyl (C=O) groups is 1. The smallest absolute Gasteiger partial charge is 0.407 e. The zero-order valence-corrected chi connectivity index (χ0v) is 18.2. The van der Waals surface area contributed by atoms with E-state index < -0.39 is 5.60 Å². The van der Waals surface area contributed by atoms with Gasteiger partial charge in [0.05, 0.1) is 11.7 Å². The van der Waals surface area contributed by atoms with Crippen LogP contribution in [0.25, 0.3) is 0 Å². The van der Waals surface area contributed by atoms with Gasteiger partial charge in [0, 0.05) is 38.4 Å². The van der Waals surface area contributed by atoms with Crippen LogP contribution in [0.15, 0.2) is 11.1 Å². The number of guanidine groups is 1. The molecule has 0 aliphatic carbocycles. The van der Waals surface area contributed by atoms with E-state index in [1.165, 1.54) is 5.69 Å². The number of rotatable bonds is 6. The van der Waals surface area contributed by atoms with E-state index in [1.807, 2.05) is 32.4 Å². The van der Waals surface area contributed by atoms with E-state index in [1.54, 1.807) is 0 Å². The lowest BCUT2D eigenvalue weighted by Gasteiger charge is -2.23. The third kappa shape index (κ3) is 7.05. The lowest BCUT2D eigenvalue weighted by atomic mass is 10.2. The van der Waals surface area contributed by atoms with Crippen molar-refractivity contribution < 1.29 is 9.53 Å². The molecule has 1 aliphatic rings. The highest BCUT2D eigenvalue weighted by molar-refractivity contribution is 5.80. The van der Waals surface area contributed by atoms with Gasteiger partial charge in [-0.05, 0) is 60.5 Å². The van der Waals surface area contributed by atoms with Gasteiger partial charge in [0.2, 0.25) is 0 Å². The summed E-state index contributed by atoms with van der Waals surface area (Å²) in [6, 6.07) is 2.17. The molecule has 2 N–H and O–H groups in total. The van der Waals surface area contributed by atoms with Gasteiger partial charge in [0.25, 0.3) is 0 Å². The monoisotopic (exact) mass is 392 g/mol. The van der Waals surface area contributed by atoms with Crippen molar-refractivity contribution in [3.63, 3.8) is 0 Å². The summed E-state index contributed by atoms with van der Waals surface area (Å²) in [5.74, 6) is 0.907. The lowest BCUT2D eigenvalue weighted by molar-refractivity contribution is 0.0507. The van der Waals surface area contributed by atoms with Crippen LogP contribution < -0.4 is 10.6 Å². The topological polar surface area (TPSA) is 83.8 Å². The van der Waals surface area contributed by atoms with Gasteiger partial charge in [-0.3, -0.25) is 9.67 Å². The number of carbonyl (C=O) groups excluding carboxylic acids is 1. The van der Waals surface area contributed by atoms with E-state index in [0.29, 0.717) is 0 Å². The van der Waals surface area contributed by atoms with Gasteiger partial charge in [0.1, 0.15) is 5.60 Å². The molecule has 28 heavy (non-hydrogen) atoms. The predicted molar refractivity (Wildman–Crippen MR) is 112 cm³/mol. The van der Waals surface area contributed by atoms with Gasteiger partial charge in [-0.1, -0.05) is 0 Å². The first-order chi connectivity index (χ1) is 13.2. The Bertz CT molecular complexity index is 677. The summed E-state index contributed by atoms with van der Waals surface area (Å²) in [7, 11) is 0. The molecule has 1 aromatic rings. The van der Waals surface area contributed by atoms with Crippen molar-refractivity contribution in [2.24, 2.45) is 4.99 Å². The Morgan fingerprint density at radius 1 is 1.39 bits per heavy atom. The second kappa shape index (κ2) is 9.80. The third-order valence-corrected chi connectivity index (χ3v) is 4.44. The molecule has 1 unspecified atom stereocenters. The van der Waals surface area contributed by atoms with Crippen LogP contribution in [0, 0.1) is 13.8 Å². The fourth-order valence-corrected chi connectivity index (χ4v) is 3.28. The molecule has 0 radical (unpaired) electrons. The van der Waals surface area contributed by atoms with E-state index >= 15 is 0 Å². The first-order valence-electron chi connectivity index (χ1n) is 10.2. The van der Waals surface area contributed by atoms with Crippen molar-refractivity contribution in [3.05, 3.63) is 17.5 Å². The van der Waals surface area contributed by atoms with E-state index in [9.17, 15) is 4.79 Å². The molecule has 0 saturated carbocycles. The number of likely N-dealkylation sites (tertiary alicyclic amines) is 1. The molecule has 2 rings (SSSR count). The van der Waals surface area contributed by atoms with Crippen LogP contribution in [0.2, 0.25) is 0 Å². The first kappa shape index (κ1) is 22.0. The third-order valence-electron chi connectivity index (χ3n) is 4.44. The Kier molecular flexibility index (Phi) is 7.71. The second-order valence-electron chi connectivity index (χ2n) is 8.32. The van der Waals surface area contributed by atoms with Crippen LogP contribution in [0.4, 0.5) is 4.79 Å². The Morgan fingerprint density at radius 2 is 2.14 bits per heavy atom. The summed E-state index contributed by atoms with van der Waals surface area (Å²) in [6.07, 6.45) is 1.46. The number of aryl methyl sites for hydroxylation is 3. The number of aromatic nitrogens is 2. The summed E-state index contributed by atoms with van der Waals surface area (Å²) >= 11 is 0. The fraction of sp³-hybridized carbons (Fsp3) is 0.750. The minimum Gasteiger partial charge on any atom is -0.444 e. The van der Waals surface area contributed by atoms with Crippen LogP contribution in [0.1, 0.15) is 51.9 Å². The molecule has 0 spiro atoms. The molecular formula is C20H36N6O2. The molecule has 1 aromatic heterocycles. The molecule has 8 nitrogen and oxygen atoms in total. The lowest BCUT2D eigenvalue weighted by Crippen LogP contribution is -2.44. The maximum Gasteiger partial charge on any atom is 0.407 e. The van der Waals surface area contributed by atoms with E-state index in [4.69, 9.17) is 9.73 Å². The van der Waals surface area contributed by atoms with Gasteiger partial charge < -0.3 is 20.3 Å². The number of nitrogens with one attached hydrogen (secondary N) is 2. The zero-order chi connectivity index (χ0) is 20.7. The van der Waals surface area contributed by atoms with Crippen molar-refractivity contribution in [2.75, 3.05) is 26.2 Å². The van der Waals surface area contributed by atoms with Crippen LogP contribution in [-0.2, 0) is 11.3 Å². The summed E-state index contributed by atoms with van der Waals surface area (Å²) < 4.78 is 7.39. The number of hydrogen-bond donors (Lipinski definition) is 2. The normalized spacial score (nSPS) is 17.7. The molecule has 2 heterocycles. The van der Waals surface area contributed by atoms with Gasteiger partial charge in [0.15, 0.2) is 5.96 Å². The number of hydrogen-bond acceptors (Lipinski definition) is 4. The fourth-order valence-electron chi connectivity index (χ4n) is 3.28. The number of nitrogens with zero attached hydrogens (tertiary/aromatic N) is 4. The van der Waals surface area contributed by atoms with Crippen molar-refractivity contribution >= 4 is 12.1 Å². The Hall–Kier alpha value is -2.25. The quantitative estimate of drug-likeness (QED) is 0.441. The Labute approximate surface area is 168 Å². The SMILES string of the molecule is CCNC(=NCCCn1nc(C)cc1C)N1CCC(NC(=O)OC(C)(C)C)C1. The maximum atomic E-state index is 12.0. The maximum absolute atomic E-state index is 12.0. The highest BCUT2D eigenvalue weighted by Gasteiger charge is 2.27. The molecule has 8 heteroatoms. The van der Waals surface area contributed by atoms with Crippen LogP contribution in [0.5, 0.6) is 0 Å². The molecular weight excluding hydrogens is 356 g/mol. The minimum atomic E-state index is -0.482. The number of amides is 1. The molecule has 1 aliphatic heterocycles. The summed E-state index contributed by atoms with van der Waals surface area (Å²) in [4.78, 5) is 19.0. The van der Waals surface area contributed by atoms with Crippen LogP contribution in [0.3, 0.4) is 0 Å². The van der Waals surface area contributed by atoms with E-state index in [2.05, 4.69) is 40.5 Å². The predicted octanol–water partition coefficient (Wildman–Crippen LogP) is 2.45. The molecule has 1 atom stereocenters. The van der Waals surface area contributed by atoms with Crippen LogP contribution in [-0.4, -0.2) is 64.6 Å². The average Bonchev–Trinajstić information content (AvgIpc) is 3.14. The Balaban J connectivity index is 1.83. The Morgan fingerprint density at radius 3 is 2.75 bits per heavy atom. The molecule has 1 saturated heterocycles. The molecule has 0 bridgehead atoms. The van der Waals surface area contributed by atoms with E-state index in [-0.39, 0.29) is 12.1 Å². The zero-order valence-electron chi connectivity index (χ0n) is 18.2. The standard InChI is InChI=1S/C20H36N6O2/c1-7-21-18(22-10-8-11-26-16(3)13-15(2)24-26)25-12-9-17(14-25)23-19(27)28-20(4,5)6/h13,17H,7-12,14H2,1-6H3,(H,21,22)(H,23,27). The van der Waals surface area contributed by atoms with Crippen LogP contribution >= 0.6 is 0 Å². The van der Waals surface area contributed by atoms with Gasteiger partial charge in [-0.25, -0.2) is 4.79 Å².